The number of nitrogens with zero attached hydrogens (tertiary/aromatic N) is 5. The monoisotopic (exact) mass is 307 g/mol. The van der Waals surface area contributed by atoms with Gasteiger partial charge in [0.25, 0.3) is 5.91 Å². The minimum atomic E-state index is -0.192. The van der Waals surface area contributed by atoms with Gasteiger partial charge in [-0.1, -0.05) is 11.2 Å². The van der Waals surface area contributed by atoms with Gasteiger partial charge in [0.15, 0.2) is 0 Å². The summed E-state index contributed by atoms with van der Waals surface area (Å²) in [7, 11) is 0. The summed E-state index contributed by atoms with van der Waals surface area (Å²) in [6.45, 7) is 0.657. The molecule has 114 valence electrons. The lowest BCUT2D eigenvalue weighted by Crippen LogP contribution is -2.45. The third-order valence-electron chi connectivity index (χ3n) is 3.81. The Morgan fingerprint density at radius 3 is 2.87 bits per heavy atom. The number of rotatable bonds is 3. The summed E-state index contributed by atoms with van der Waals surface area (Å²) in [5.74, 6) is 0.799. The molecule has 7 heteroatoms. The van der Waals surface area contributed by atoms with E-state index in [4.69, 9.17) is 4.52 Å². The Morgan fingerprint density at radius 1 is 1.22 bits per heavy atom. The second-order valence-electron chi connectivity index (χ2n) is 5.22. The van der Waals surface area contributed by atoms with E-state index < -0.39 is 0 Å². The van der Waals surface area contributed by atoms with Crippen LogP contribution in [-0.4, -0.2) is 37.5 Å². The van der Waals surface area contributed by atoms with Gasteiger partial charge in [-0.3, -0.25) is 14.8 Å². The average Bonchev–Trinajstić information content (AvgIpc) is 3.05. The zero-order valence-corrected chi connectivity index (χ0v) is 12.2. The Kier molecular flexibility index (Phi) is 3.30. The topological polar surface area (TPSA) is 85.0 Å². The number of likely N-dealkylation sites (tertiary alicyclic amines) is 1. The van der Waals surface area contributed by atoms with Crippen LogP contribution in [0.25, 0.3) is 11.4 Å². The molecule has 0 unspecified atom stereocenters. The van der Waals surface area contributed by atoms with Crippen molar-refractivity contribution in [1.82, 2.24) is 25.0 Å². The predicted molar refractivity (Wildman–Crippen MR) is 80.2 cm³/mol. The van der Waals surface area contributed by atoms with Gasteiger partial charge in [-0.15, -0.1) is 0 Å². The zero-order chi connectivity index (χ0) is 15.6. The van der Waals surface area contributed by atoms with Crippen molar-refractivity contribution in [2.45, 2.75) is 12.5 Å². The van der Waals surface area contributed by atoms with Crippen LogP contribution in [0.1, 0.15) is 28.8 Å². The van der Waals surface area contributed by atoms with E-state index in [1.165, 1.54) is 0 Å². The molecule has 0 N–H and O–H groups in total. The fourth-order valence-electron chi connectivity index (χ4n) is 2.51. The first-order valence-corrected chi connectivity index (χ1v) is 7.29. The van der Waals surface area contributed by atoms with Gasteiger partial charge in [0.1, 0.15) is 11.7 Å². The number of amides is 1. The molecule has 1 saturated heterocycles. The van der Waals surface area contributed by atoms with Crippen molar-refractivity contribution in [3.8, 4) is 11.4 Å². The fraction of sp³-hybridized carbons (Fsp3) is 0.188. The molecule has 7 nitrogen and oxygen atoms in total. The molecule has 3 aromatic rings. The fourth-order valence-corrected chi connectivity index (χ4v) is 2.51. The lowest BCUT2D eigenvalue weighted by molar-refractivity contribution is 0.0373. The van der Waals surface area contributed by atoms with Gasteiger partial charge in [-0.05, 0) is 30.7 Å². The summed E-state index contributed by atoms with van der Waals surface area (Å²) < 4.78 is 5.34. The van der Waals surface area contributed by atoms with Gasteiger partial charge in [0.05, 0.1) is 0 Å². The number of carbonyl (C=O) groups is 1. The molecule has 1 aliphatic heterocycles. The van der Waals surface area contributed by atoms with Gasteiger partial charge in [-0.25, -0.2) is 0 Å². The predicted octanol–water partition coefficient (Wildman–Crippen LogP) is 2.11. The maximum absolute atomic E-state index is 12.5. The molecule has 0 saturated carbocycles. The summed E-state index contributed by atoms with van der Waals surface area (Å²) in [5, 5.41) is 3.98. The third-order valence-corrected chi connectivity index (χ3v) is 3.81. The van der Waals surface area contributed by atoms with Crippen LogP contribution in [0.3, 0.4) is 0 Å². The second-order valence-corrected chi connectivity index (χ2v) is 5.22. The van der Waals surface area contributed by atoms with E-state index in [1.807, 2.05) is 12.1 Å². The minimum absolute atomic E-state index is 0.122. The molecule has 1 aliphatic rings. The van der Waals surface area contributed by atoms with Crippen molar-refractivity contribution in [3.63, 3.8) is 0 Å². The molecule has 3 aromatic heterocycles. The molecular weight excluding hydrogens is 294 g/mol. The summed E-state index contributed by atoms with van der Waals surface area (Å²) in [6.07, 6.45) is 5.76. The van der Waals surface area contributed by atoms with Crippen molar-refractivity contribution in [3.05, 3.63) is 60.5 Å². The molecule has 0 radical (unpaired) electrons. The summed E-state index contributed by atoms with van der Waals surface area (Å²) >= 11 is 0. The van der Waals surface area contributed by atoms with Crippen molar-refractivity contribution in [2.24, 2.45) is 0 Å². The molecule has 0 aromatic carbocycles. The first-order valence-electron chi connectivity index (χ1n) is 7.29. The Labute approximate surface area is 132 Å². The maximum atomic E-state index is 12.5. The number of aromatic nitrogens is 4. The number of hydrogen-bond donors (Lipinski definition) is 0. The Morgan fingerprint density at radius 2 is 2.17 bits per heavy atom. The maximum Gasteiger partial charge on any atom is 0.273 e. The summed E-state index contributed by atoms with van der Waals surface area (Å²) in [5.41, 5.74) is 1.20. The zero-order valence-electron chi connectivity index (χ0n) is 12.2. The van der Waals surface area contributed by atoms with E-state index in [0.717, 1.165) is 12.0 Å². The van der Waals surface area contributed by atoms with Crippen molar-refractivity contribution >= 4 is 5.91 Å². The SMILES string of the molecule is O=C(c1ccccn1)N1CC[C@H]1c1nc(-c2cccnc2)no1. The number of pyridine rings is 2. The lowest BCUT2D eigenvalue weighted by Gasteiger charge is -2.38. The quantitative estimate of drug-likeness (QED) is 0.736. The highest BCUT2D eigenvalue weighted by molar-refractivity contribution is 5.93. The highest BCUT2D eigenvalue weighted by atomic mass is 16.5. The van der Waals surface area contributed by atoms with Crippen LogP contribution in [-0.2, 0) is 0 Å². The lowest BCUT2D eigenvalue weighted by atomic mass is 10.0. The van der Waals surface area contributed by atoms with E-state index in [0.29, 0.717) is 24.0 Å². The normalized spacial score (nSPS) is 16.9. The third kappa shape index (κ3) is 2.46. The first kappa shape index (κ1) is 13.6. The molecule has 4 rings (SSSR count). The van der Waals surface area contributed by atoms with Gasteiger partial charge in [0, 0.05) is 30.7 Å². The van der Waals surface area contributed by atoms with Crippen molar-refractivity contribution in [1.29, 1.82) is 0 Å². The van der Waals surface area contributed by atoms with Gasteiger partial charge < -0.3 is 9.42 Å². The number of carbonyl (C=O) groups excluding carboxylic acids is 1. The standard InChI is InChI=1S/C16H13N5O2/c22-16(12-5-1-2-8-18-12)21-9-6-13(21)15-19-14(20-23-15)11-4-3-7-17-10-11/h1-5,7-8,10,13H,6,9H2/t13-/m0/s1. The van der Waals surface area contributed by atoms with Crippen LogP contribution < -0.4 is 0 Å². The second kappa shape index (κ2) is 5.60. The Balaban J connectivity index is 1.55. The van der Waals surface area contributed by atoms with Gasteiger partial charge in [0.2, 0.25) is 11.7 Å². The van der Waals surface area contributed by atoms with Crippen molar-refractivity contribution in [2.75, 3.05) is 6.54 Å². The molecule has 4 heterocycles. The van der Waals surface area contributed by atoms with E-state index >= 15 is 0 Å². The Bertz CT molecular complexity index is 819. The molecular formula is C16H13N5O2. The van der Waals surface area contributed by atoms with E-state index in [-0.39, 0.29) is 11.9 Å². The van der Waals surface area contributed by atoms with Crippen LogP contribution in [0.5, 0.6) is 0 Å². The number of hydrogen-bond acceptors (Lipinski definition) is 6. The van der Waals surface area contributed by atoms with Gasteiger partial charge in [-0.2, -0.15) is 4.98 Å². The van der Waals surface area contributed by atoms with Crippen LogP contribution in [0, 0.1) is 0 Å². The smallest absolute Gasteiger partial charge is 0.273 e. The van der Waals surface area contributed by atoms with Gasteiger partial charge >= 0.3 is 0 Å². The molecule has 0 aliphatic carbocycles. The molecule has 0 spiro atoms. The minimum Gasteiger partial charge on any atom is -0.337 e. The summed E-state index contributed by atoms with van der Waals surface area (Å²) in [6, 6.07) is 8.75. The van der Waals surface area contributed by atoms with Crippen LogP contribution in [0.15, 0.2) is 53.4 Å². The molecule has 1 amide bonds. The largest absolute Gasteiger partial charge is 0.337 e. The molecule has 0 bridgehead atoms. The molecule has 1 atom stereocenters. The van der Waals surface area contributed by atoms with E-state index in [1.54, 1.807) is 41.7 Å². The Hall–Kier alpha value is -3.09. The van der Waals surface area contributed by atoms with E-state index in [2.05, 4.69) is 20.1 Å². The molecule has 1 fully saturated rings. The first-order chi connectivity index (χ1) is 11.3. The molecule has 23 heavy (non-hydrogen) atoms. The summed E-state index contributed by atoms with van der Waals surface area (Å²) in [4.78, 5) is 26.7. The van der Waals surface area contributed by atoms with Crippen LogP contribution in [0.4, 0.5) is 0 Å². The van der Waals surface area contributed by atoms with Crippen molar-refractivity contribution < 1.29 is 9.32 Å². The highest BCUT2D eigenvalue weighted by Gasteiger charge is 2.38. The highest BCUT2D eigenvalue weighted by Crippen LogP contribution is 2.34. The average molecular weight is 307 g/mol. The van der Waals surface area contributed by atoms with Crippen LogP contribution >= 0.6 is 0 Å². The van der Waals surface area contributed by atoms with Crippen LogP contribution in [0.2, 0.25) is 0 Å². The van der Waals surface area contributed by atoms with E-state index in [9.17, 15) is 4.79 Å².